The number of piperidine rings is 1. The van der Waals surface area contributed by atoms with Gasteiger partial charge in [0.05, 0.1) is 24.5 Å². The van der Waals surface area contributed by atoms with E-state index >= 15 is 0 Å². The van der Waals surface area contributed by atoms with Crippen molar-refractivity contribution in [1.29, 1.82) is 0 Å². The zero-order valence-electron chi connectivity index (χ0n) is 17.0. The van der Waals surface area contributed by atoms with Crippen molar-refractivity contribution >= 4 is 11.6 Å². The molecule has 2 aromatic heterocycles. The van der Waals surface area contributed by atoms with E-state index in [-0.39, 0.29) is 6.04 Å². The van der Waals surface area contributed by atoms with Crippen molar-refractivity contribution in [3.8, 4) is 0 Å². The van der Waals surface area contributed by atoms with Crippen molar-refractivity contribution in [2.45, 2.75) is 45.3 Å². The van der Waals surface area contributed by atoms with Crippen LogP contribution in [0.25, 0.3) is 0 Å². The fourth-order valence-corrected chi connectivity index (χ4v) is 4.41. The molecule has 1 atom stereocenters. The van der Waals surface area contributed by atoms with Crippen LogP contribution in [0.2, 0.25) is 5.15 Å². The molecule has 0 spiro atoms. The maximum absolute atomic E-state index is 6.67. The van der Waals surface area contributed by atoms with Crippen molar-refractivity contribution in [3.63, 3.8) is 0 Å². The van der Waals surface area contributed by atoms with Crippen molar-refractivity contribution in [1.82, 2.24) is 20.0 Å². The predicted octanol–water partition coefficient (Wildman–Crippen LogP) is 4.80. The molecule has 0 amide bonds. The van der Waals surface area contributed by atoms with E-state index in [0.717, 1.165) is 36.7 Å². The Bertz CT molecular complexity index is 885. The second kappa shape index (κ2) is 9.61. The number of nitrogens with one attached hydrogen (secondary N) is 1. The van der Waals surface area contributed by atoms with Crippen molar-refractivity contribution in [2.75, 3.05) is 19.6 Å². The smallest absolute Gasteiger partial charge is 0.132 e. The van der Waals surface area contributed by atoms with Gasteiger partial charge in [0.1, 0.15) is 10.9 Å². The molecule has 154 valence electrons. The number of benzene rings is 1. The van der Waals surface area contributed by atoms with Crippen molar-refractivity contribution in [3.05, 3.63) is 76.5 Å². The van der Waals surface area contributed by atoms with Crippen LogP contribution in [0.4, 0.5) is 0 Å². The number of halogens is 1. The summed E-state index contributed by atoms with van der Waals surface area (Å²) in [6, 6.07) is 14.6. The second-order valence-electron chi connectivity index (χ2n) is 7.76. The first-order valence-corrected chi connectivity index (χ1v) is 10.8. The molecule has 1 unspecified atom stereocenters. The van der Waals surface area contributed by atoms with Crippen LogP contribution >= 0.6 is 11.6 Å². The number of likely N-dealkylation sites (tertiary alicyclic amines) is 1. The number of aryl methyl sites for hydroxylation is 1. The van der Waals surface area contributed by atoms with Crippen LogP contribution in [-0.4, -0.2) is 34.3 Å². The van der Waals surface area contributed by atoms with Gasteiger partial charge in [0, 0.05) is 18.7 Å². The molecule has 3 heterocycles. The Kier molecular flexibility index (Phi) is 6.70. The van der Waals surface area contributed by atoms with Crippen molar-refractivity contribution in [2.24, 2.45) is 0 Å². The lowest BCUT2D eigenvalue weighted by atomic mass is 10.1. The Labute approximate surface area is 177 Å². The average molecular weight is 413 g/mol. The average Bonchev–Trinajstić information content (AvgIpc) is 3.37. The van der Waals surface area contributed by atoms with E-state index in [1.807, 2.05) is 35.9 Å². The van der Waals surface area contributed by atoms with E-state index in [4.69, 9.17) is 16.0 Å². The molecular formula is C23H29ClN4O. The molecule has 0 radical (unpaired) electrons. The molecule has 0 aliphatic carbocycles. The minimum atomic E-state index is 0.253. The zero-order valence-corrected chi connectivity index (χ0v) is 17.7. The molecule has 29 heavy (non-hydrogen) atoms. The Morgan fingerprint density at radius 1 is 1.10 bits per heavy atom. The van der Waals surface area contributed by atoms with Gasteiger partial charge in [0.15, 0.2) is 0 Å². The highest BCUT2D eigenvalue weighted by Gasteiger charge is 2.24. The van der Waals surface area contributed by atoms with Gasteiger partial charge in [-0.3, -0.25) is 4.90 Å². The summed E-state index contributed by atoms with van der Waals surface area (Å²) in [6.07, 6.45) is 5.61. The molecule has 3 aromatic rings. The highest BCUT2D eigenvalue weighted by Crippen LogP contribution is 2.25. The van der Waals surface area contributed by atoms with E-state index in [2.05, 4.69) is 33.5 Å². The quantitative estimate of drug-likeness (QED) is 0.577. The summed E-state index contributed by atoms with van der Waals surface area (Å²) < 4.78 is 7.63. The van der Waals surface area contributed by atoms with Gasteiger partial charge in [0.25, 0.3) is 0 Å². The molecule has 4 rings (SSSR count). The van der Waals surface area contributed by atoms with Crippen molar-refractivity contribution < 1.29 is 4.42 Å². The van der Waals surface area contributed by atoms with Crippen LogP contribution in [0.15, 0.2) is 53.1 Å². The Hall–Kier alpha value is -2.08. The van der Waals surface area contributed by atoms with Gasteiger partial charge >= 0.3 is 0 Å². The lowest BCUT2D eigenvalue weighted by Gasteiger charge is -2.33. The summed E-state index contributed by atoms with van der Waals surface area (Å²) >= 11 is 6.67. The maximum Gasteiger partial charge on any atom is 0.132 e. The lowest BCUT2D eigenvalue weighted by molar-refractivity contribution is 0.142. The van der Waals surface area contributed by atoms with Crippen LogP contribution in [0, 0.1) is 6.92 Å². The third-order valence-corrected chi connectivity index (χ3v) is 6.12. The van der Waals surface area contributed by atoms with Gasteiger partial charge in [0.2, 0.25) is 0 Å². The van der Waals surface area contributed by atoms with E-state index in [9.17, 15) is 0 Å². The van der Waals surface area contributed by atoms with Crippen LogP contribution in [0.3, 0.4) is 0 Å². The predicted molar refractivity (Wildman–Crippen MR) is 116 cm³/mol. The van der Waals surface area contributed by atoms with E-state index in [1.165, 1.54) is 24.8 Å². The number of hydrogen-bond acceptors (Lipinski definition) is 4. The van der Waals surface area contributed by atoms with Gasteiger partial charge < -0.3 is 9.73 Å². The van der Waals surface area contributed by atoms with Crippen LogP contribution in [0.5, 0.6) is 0 Å². The first kappa shape index (κ1) is 20.2. The summed E-state index contributed by atoms with van der Waals surface area (Å²) in [6.45, 7) is 6.49. The third kappa shape index (κ3) is 4.92. The first-order valence-electron chi connectivity index (χ1n) is 10.5. The van der Waals surface area contributed by atoms with E-state index in [1.54, 1.807) is 6.26 Å². The molecule has 1 aliphatic rings. The van der Waals surface area contributed by atoms with Crippen LogP contribution < -0.4 is 5.32 Å². The van der Waals surface area contributed by atoms with Gasteiger partial charge in [-0.05, 0) is 50.6 Å². The summed E-state index contributed by atoms with van der Waals surface area (Å²) in [7, 11) is 0. The fraction of sp³-hybridized carbons (Fsp3) is 0.435. The minimum Gasteiger partial charge on any atom is -0.468 e. The standard InChI is InChI=1S/C23H29ClN4O/c1-18-20(23(24)28(26-18)17-19-9-4-2-5-10-19)15-25-16-21(22-11-8-14-29-22)27-12-6-3-7-13-27/h2,4-5,8-11,14,21,25H,3,6-7,12-13,15-17H2,1H3. The lowest BCUT2D eigenvalue weighted by Crippen LogP contribution is -2.38. The van der Waals surface area contributed by atoms with Gasteiger partial charge in [-0.15, -0.1) is 0 Å². The second-order valence-corrected chi connectivity index (χ2v) is 8.11. The van der Waals surface area contributed by atoms with Gasteiger partial charge in [-0.25, -0.2) is 4.68 Å². The highest BCUT2D eigenvalue weighted by molar-refractivity contribution is 6.30. The van der Waals surface area contributed by atoms with E-state index < -0.39 is 0 Å². The molecular weight excluding hydrogens is 384 g/mol. The topological polar surface area (TPSA) is 46.2 Å². The molecule has 0 bridgehead atoms. The number of nitrogens with zero attached hydrogens (tertiary/aromatic N) is 3. The largest absolute Gasteiger partial charge is 0.468 e. The third-order valence-electron chi connectivity index (χ3n) is 5.70. The number of hydrogen-bond donors (Lipinski definition) is 1. The molecule has 6 heteroatoms. The molecule has 1 N–H and O–H groups in total. The molecule has 1 saturated heterocycles. The van der Waals surface area contributed by atoms with E-state index in [0.29, 0.717) is 18.2 Å². The number of furan rings is 1. The summed E-state index contributed by atoms with van der Waals surface area (Å²) in [5, 5.41) is 8.98. The van der Waals surface area contributed by atoms with Gasteiger partial charge in [-0.2, -0.15) is 5.10 Å². The molecule has 1 fully saturated rings. The fourth-order valence-electron chi connectivity index (χ4n) is 4.11. The Balaban J connectivity index is 1.41. The number of rotatable bonds is 8. The number of aromatic nitrogens is 2. The molecule has 0 saturated carbocycles. The normalized spacial score (nSPS) is 16.2. The first-order chi connectivity index (χ1) is 14.2. The highest BCUT2D eigenvalue weighted by atomic mass is 35.5. The Morgan fingerprint density at radius 3 is 2.62 bits per heavy atom. The summed E-state index contributed by atoms with van der Waals surface area (Å²) in [4.78, 5) is 2.53. The van der Waals surface area contributed by atoms with Crippen LogP contribution in [0.1, 0.15) is 47.9 Å². The summed E-state index contributed by atoms with van der Waals surface area (Å²) in [5.74, 6) is 1.03. The monoisotopic (exact) mass is 412 g/mol. The zero-order chi connectivity index (χ0) is 20.1. The van der Waals surface area contributed by atoms with Gasteiger partial charge in [-0.1, -0.05) is 48.4 Å². The Morgan fingerprint density at radius 2 is 1.90 bits per heavy atom. The molecule has 5 nitrogen and oxygen atoms in total. The molecule has 1 aromatic carbocycles. The molecule has 1 aliphatic heterocycles. The summed E-state index contributed by atoms with van der Waals surface area (Å²) in [5.41, 5.74) is 3.24. The minimum absolute atomic E-state index is 0.253. The SMILES string of the molecule is Cc1nn(Cc2ccccc2)c(Cl)c1CNCC(c1ccco1)N1CCCCC1. The van der Waals surface area contributed by atoms with Crippen LogP contribution in [-0.2, 0) is 13.1 Å². The maximum atomic E-state index is 6.67.